The smallest absolute Gasteiger partial charge is 0.238 e. The molecule has 1 unspecified atom stereocenters. The van der Waals surface area contributed by atoms with Crippen LogP contribution in [0.4, 0.5) is 4.39 Å². The minimum Gasteiger partial charge on any atom is -0.461 e. The van der Waals surface area contributed by atoms with Crippen LogP contribution >= 0.6 is 11.6 Å². The molecule has 3 aromatic rings. The third-order valence-corrected chi connectivity index (χ3v) is 4.46. The molecule has 0 radical (unpaired) electrons. The van der Waals surface area contributed by atoms with Crippen molar-refractivity contribution in [1.82, 2.24) is 5.32 Å². The molecule has 1 heterocycles. The molecule has 3 rings (SSSR count). The van der Waals surface area contributed by atoms with Crippen LogP contribution in [0.25, 0.3) is 21.7 Å². The van der Waals surface area contributed by atoms with E-state index in [1.165, 1.54) is 12.3 Å². The lowest BCUT2D eigenvalue weighted by Crippen LogP contribution is -2.32. The maximum Gasteiger partial charge on any atom is 0.238 e. The van der Waals surface area contributed by atoms with E-state index in [0.717, 1.165) is 21.7 Å². The highest BCUT2D eigenvalue weighted by Crippen LogP contribution is 2.31. The second kappa shape index (κ2) is 6.59. The summed E-state index contributed by atoms with van der Waals surface area (Å²) in [7, 11) is 0. The fourth-order valence-electron chi connectivity index (χ4n) is 2.79. The summed E-state index contributed by atoms with van der Waals surface area (Å²) in [6.07, 6.45) is 2.73. The first-order valence-corrected chi connectivity index (χ1v) is 8.04. The molecule has 0 saturated carbocycles. The first-order chi connectivity index (χ1) is 11.1. The van der Waals surface area contributed by atoms with Gasteiger partial charge in [0.1, 0.15) is 5.38 Å². The number of nitrogens with one attached hydrogen (secondary N) is 1. The molecule has 120 valence electrons. The number of benzene rings is 2. The van der Waals surface area contributed by atoms with Crippen LogP contribution < -0.4 is 5.32 Å². The molecule has 0 bridgehead atoms. The minimum absolute atomic E-state index is 0.158. The average molecular weight is 334 g/mol. The van der Waals surface area contributed by atoms with Gasteiger partial charge >= 0.3 is 0 Å². The van der Waals surface area contributed by atoms with Crippen LogP contribution in [0, 0.1) is 5.82 Å². The number of amides is 1. The van der Waals surface area contributed by atoms with Crippen molar-refractivity contribution in [3.8, 4) is 0 Å². The van der Waals surface area contributed by atoms with Crippen LogP contribution in [0.3, 0.4) is 0 Å². The summed E-state index contributed by atoms with van der Waals surface area (Å²) in [5.41, 5.74) is 1.30. The Kier molecular flexibility index (Phi) is 4.53. The predicted molar refractivity (Wildman–Crippen MR) is 90.3 cm³/mol. The number of fused-ring (bicyclic) bond motifs is 3. The Morgan fingerprint density at radius 1 is 1.39 bits per heavy atom. The first-order valence-electron chi connectivity index (χ1n) is 7.61. The number of alkyl halides is 1. The third kappa shape index (κ3) is 3.04. The Morgan fingerprint density at radius 2 is 2.22 bits per heavy atom. The molecule has 0 spiro atoms. The van der Waals surface area contributed by atoms with Crippen molar-refractivity contribution in [3.05, 3.63) is 48.0 Å². The van der Waals surface area contributed by atoms with Crippen molar-refractivity contribution < 1.29 is 13.6 Å². The van der Waals surface area contributed by atoms with Crippen molar-refractivity contribution >= 4 is 39.2 Å². The lowest BCUT2D eigenvalue weighted by molar-refractivity contribution is -0.120. The van der Waals surface area contributed by atoms with E-state index in [9.17, 15) is 9.18 Å². The number of rotatable bonds is 5. The van der Waals surface area contributed by atoms with E-state index in [1.54, 1.807) is 6.07 Å². The zero-order chi connectivity index (χ0) is 16.4. The summed E-state index contributed by atoms with van der Waals surface area (Å²) >= 11 is 5.91. The standard InChI is InChI=1S/C18H17ClFNO2/c1-2-14(19)18(22)21-8-6-11-4-3-5-12-10-15(20)17-13(16(11)12)7-9-23-17/h3-5,7,9-10,14H,2,6,8H2,1H3,(H,21,22). The number of halogens is 2. The van der Waals surface area contributed by atoms with E-state index in [-0.39, 0.29) is 17.3 Å². The van der Waals surface area contributed by atoms with E-state index in [4.69, 9.17) is 16.0 Å². The Morgan fingerprint density at radius 3 is 3.00 bits per heavy atom. The molecule has 1 aromatic heterocycles. The summed E-state index contributed by atoms with van der Waals surface area (Å²) in [4.78, 5) is 11.7. The van der Waals surface area contributed by atoms with Gasteiger partial charge in [-0.05, 0) is 41.3 Å². The summed E-state index contributed by atoms with van der Waals surface area (Å²) in [5, 5.41) is 4.87. The van der Waals surface area contributed by atoms with Gasteiger partial charge in [0.2, 0.25) is 5.91 Å². The van der Waals surface area contributed by atoms with E-state index < -0.39 is 5.38 Å². The molecule has 1 N–H and O–H groups in total. The van der Waals surface area contributed by atoms with Crippen molar-refractivity contribution in [2.45, 2.75) is 25.1 Å². The number of furan rings is 1. The van der Waals surface area contributed by atoms with Crippen LogP contribution in [0.2, 0.25) is 0 Å². The fraction of sp³-hybridized carbons (Fsp3) is 0.278. The van der Waals surface area contributed by atoms with E-state index in [2.05, 4.69) is 5.32 Å². The minimum atomic E-state index is -0.503. The largest absolute Gasteiger partial charge is 0.461 e. The number of carbonyl (C=O) groups excluding carboxylic acids is 1. The highest BCUT2D eigenvalue weighted by atomic mass is 35.5. The van der Waals surface area contributed by atoms with Gasteiger partial charge in [0.05, 0.1) is 6.26 Å². The quantitative estimate of drug-likeness (QED) is 0.703. The Hall–Kier alpha value is -2.07. The fourth-order valence-corrected chi connectivity index (χ4v) is 2.86. The number of hydrogen-bond acceptors (Lipinski definition) is 2. The van der Waals surface area contributed by atoms with Gasteiger partial charge in [-0.2, -0.15) is 0 Å². The number of carbonyl (C=O) groups is 1. The molecular weight excluding hydrogens is 317 g/mol. The van der Waals surface area contributed by atoms with E-state index in [1.807, 2.05) is 25.1 Å². The van der Waals surface area contributed by atoms with Crippen molar-refractivity contribution in [1.29, 1.82) is 0 Å². The molecular formula is C18H17ClFNO2. The molecule has 0 aliphatic carbocycles. The SMILES string of the molecule is CCC(Cl)C(=O)NCCc1cccc2cc(F)c3occc3c12. The van der Waals surface area contributed by atoms with Gasteiger partial charge in [0.15, 0.2) is 11.4 Å². The van der Waals surface area contributed by atoms with Gasteiger partial charge in [0, 0.05) is 11.9 Å². The number of hydrogen-bond donors (Lipinski definition) is 1. The van der Waals surface area contributed by atoms with Gasteiger partial charge in [0.25, 0.3) is 0 Å². The second-order valence-electron chi connectivity index (χ2n) is 5.45. The molecule has 3 nitrogen and oxygen atoms in total. The molecule has 5 heteroatoms. The zero-order valence-electron chi connectivity index (χ0n) is 12.7. The maximum atomic E-state index is 14.0. The topological polar surface area (TPSA) is 42.2 Å². The predicted octanol–water partition coefficient (Wildman–Crippen LogP) is 4.40. The summed E-state index contributed by atoms with van der Waals surface area (Å²) in [5.74, 6) is -0.523. The molecule has 0 aliphatic heterocycles. The highest BCUT2D eigenvalue weighted by molar-refractivity contribution is 6.30. The van der Waals surface area contributed by atoms with Gasteiger partial charge < -0.3 is 9.73 Å². The van der Waals surface area contributed by atoms with Crippen LogP contribution in [-0.2, 0) is 11.2 Å². The van der Waals surface area contributed by atoms with Crippen LogP contribution in [0.5, 0.6) is 0 Å². The maximum absolute atomic E-state index is 14.0. The Bertz CT molecular complexity index is 859. The normalized spacial score (nSPS) is 12.7. The monoisotopic (exact) mass is 333 g/mol. The lowest BCUT2D eigenvalue weighted by atomic mass is 9.99. The summed E-state index contributed by atoms with van der Waals surface area (Å²) in [6.45, 7) is 2.35. The van der Waals surface area contributed by atoms with Crippen LogP contribution in [0.15, 0.2) is 41.0 Å². The average Bonchev–Trinajstić information content (AvgIpc) is 3.04. The lowest BCUT2D eigenvalue weighted by Gasteiger charge is -2.11. The van der Waals surface area contributed by atoms with Gasteiger partial charge in [-0.3, -0.25) is 4.79 Å². The van der Waals surface area contributed by atoms with Gasteiger partial charge in [-0.1, -0.05) is 25.1 Å². The first kappa shape index (κ1) is 15.8. The zero-order valence-corrected chi connectivity index (χ0v) is 13.5. The van der Waals surface area contributed by atoms with Crippen molar-refractivity contribution in [2.75, 3.05) is 6.54 Å². The summed E-state index contributed by atoms with van der Waals surface area (Å²) in [6, 6.07) is 9.00. The molecule has 0 saturated heterocycles. The van der Waals surface area contributed by atoms with Crippen molar-refractivity contribution in [3.63, 3.8) is 0 Å². The Balaban J connectivity index is 1.89. The third-order valence-electron chi connectivity index (χ3n) is 3.95. The summed E-state index contributed by atoms with van der Waals surface area (Å²) < 4.78 is 19.2. The Labute approximate surface area is 138 Å². The molecule has 2 aromatic carbocycles. The molecule has 0 fully saturated rings. The van der Waals surface area contributed by atoms with Crippen molar-refractivity contribution in [2.24, 2.45) is 0 Å². The molecule has 0 aliphatic rings. The highest BCUT2D eigenvalue weighted by Gasteiger charge is 2.14. The van der Waals surface area contributed by atoms with Crippen LogP contribution in [0.1, 0.15) is 18.9 Å². The molecule has 23 heavy (non-hydrogen) atoms. The van der Waals surface area contributed by atoms with E-state index >= 15 is 0 Å². The van der Waals surface area contributed by atoms with Gasteiger partial charge in [-0.15, -0.1) is 11.6 Å². The van der Waals surface area contributed by atoms with E-state index in [0.29, 0.717) is 19.4 Å². The second-order valence-corrected chi connectivity index (χ2v) is 5.98. The molecule has 1 amide bonds. The molecule has 1 atom stereocenters. The van der Waals surface area contributed by atoms with Crippen LogP contribution in [-0.4, -0.2) is 17.8 Å². The van der Waals surface area contributed by atoms with Gasteiger partial charge in [-0.25, -0.2) is 4.39 Å².